The standard InChI is InChI=1S/C33H32ClN3O5/c1-32-16-17-33(42-32)27(26(32)29(38)35-19-22-10-14-25(41-2)15-11-22)31(40)37(20-23-8-12-24(34)13-9-23)28(33)30(39)36-18-21-6-4-3-5-7-21/h3-17,26-28H,18-20H2,1-2H3,(H,35,38)(H,36,39). The molecular formula is C33H32ClN3O5. The summed E-state index contributed by atoms with van der Waals surface area (Å²) in [5, 5.41) is 6.59. The quantitative estimate of drug-likeness (QED) is 0.370. The molecule has 2 fully saturated rings. The maximum atomic E-state index is 14.2. The van der Waals surface area contributed by atoms with E-state index in [9.17, 15) is 14.4 Å². The average Bonchev–Trinajstić information content (AvgIpc) is 3.57. The van der Waals surface area contributed by atoms with Gasteiger partial charge in [0.05, 0.1) is 24.5 Å². The van der Waals surface area contributed by atoms with Crippen LogP contribution < -0.4 is 15.4 Å². The number of nitrogens with one attached hydrogen (secondary N) is 2. The Balaban J connectivity index is 1.29. The fraction of sp³-hybridized carbons (Fsp3) is 0.303. The highest BCUT2D eigenvalue weighted by atomic mass is 35.5. The Labute approximate surface area is 249 Å². The zero-order valence-corrected chi connectivity index (χ0v) is 24.1. The van der Waals surface area contributed by atoms with Crippen molar-refractivity contribution in [2.75, 3.05) is 7.11 Å². The molecule has 5 atom stereocenters. The van der Waals surface area contributed by atoms with Gasteiger partial charge in [0, 0.05) is 24.7 Å². The van der Waals surface area contributed by atoms with E-state index in [1.165, 1.54) is 0 Å². The molecule has 5 unspecified atom stereocenters. The number of amides is 3. The number of fused-ring (bicyclic) bond motifs is 1. The van der Waals surface area contributed by atoms with Crippen LogP contribution >= 0.6 is 11.6 Å². The number of rotatable bonds is 9. The molecule has 0 aromatic heterocycles. The van der Waals surface area contributed by atoms with Crippen LogP contribution in [0.4, 0.5) is 0 Å². The van der Waals surface area contributed by atoms with E-state index in [1.807, 2.05) is 85.8 Å². The Kier molecular flexibility index (Phi) is 7.29. The first-order chi connectivity index (χ1) is 20.2. The summed E-state index contributed by atoms with van der Waals surface area (Å²) in [6.07, 6.45) is 3.65. The molecule has 2 N–H and O–H groups in total. The molecule has 0 aliphatic carbocycles. The second-order valence-corrected chi connectivity index (χ2v) is 11.6. The maximum Gasteiger partial charge on any atom is 0.246 e. The molecular weight excluding hydrogens is 554 g/mol. The van der Waals surface area contributed by atoms with Crippen LogP contribution in [0.1, 0.15) is 23.6 Å². The van der Waals surface area contributed by atoms with Gasteiger partial charge in [-0.1, -0.05) is 78.4 Å². The molecule has 3 aromatic rings. The molecule has 0 saturated carbocycles. The number of methoxy groups -OCH3 is 1. The van der Waals surface area contributed by atoms with Crippen LogP contribution in [0.3, 0.4) is 0 Å². The van der Waals surface area contributed by atoms with E-state index in [-0.39, 0.29) is 30.8 Å². The molecule has 8 nitrogen and oxygen atoms in total. The molecule has 216 valence electrons. The van der Waals surface area contributed by atoms with Crippen molar-refractivity contribution in [1.29, 1.82) is 0 Å². The topological polar surface area (TPSA) is 97.0 Å². The summed E-state index contributed by atoms with van der Waals surface area (Å²) in [5.74, 6) is -1.87. The molecule has 9 heteroatoms. The Bertz CT molecular complexity index is 1530. The minimum absolute atomic E-state index is 0.172. The SMILES string of the molecule is COc1ccc(CNC(=O)C2C3C(=O)N(Cc4ccc(Cl)cc4)C(C(=O)NCc4ccccc4)C34C=CC2(C)O4)cc1. The lowest BCUT2D eigenvalue weighted by atomic mass is 9.70. The van der Waals surface area contributed by atoms with Gasteiger partial charge in [0.1, 0.15) is 17.4 Å². The number of benzene rings is 3. The van der Waals surface area contributed by atoms with E-state index in [4.69, 9.17) is 21.1 Å². The number of carbonyl (C=O) groups is 3. The molecule has 3 amide bonds. The normalized spacial score (nSPS) is 27.2. The highest BCUT2D eigenvalue weighted by Gasteiger charge is 2.76. The van der Waals surface area contributed by atoms with Gasteiger partial charge in [0.25, 0.3) is 0 Å². The molecule has 42 heavy (non-hydrogen) atoms. The summed E-state index contributed by atoms with van der Waals surface area (Å²) < 4.78 is 11.8. The van der Waals surface area contributed by atoms with Gasteiger partial charge in [-0.25, -0.2) is 0 Å². The van der Waals surface area contributed by atoms with Gasteiger partial charge >= 0.3 is 0 Å². The van der Waals surface area contributed by atoms with Crippen molar-refractivity contribution in [1.82, 2.24) is 15.5 Å². The smallest absolute Gasteiger partial charge is 0.246 e. The van der Waals surface area contributed by atoms with E-state index >= 15 is 0 Å². The third-order valence-electron chi connectivity index (χ3n) is 8.53. The molecule has 1 spiro atoms. The number of hydrogen-bond acceptors (Lipinski definition) is 5. The van der Waals surface area contributed by atoms with Crippen LogP contribution in [0.15, 0.2) is 91.0 Å². The summed E-state index contributed by atoms with van der Waals surface area (Å²) in [7, 11) is 1.60. The van der Waals surface area contributed by atoms with Gasteiger partial charge in [-0.15, -0.1) is 0 Å². The Morgan fingerprint density at radius 1 is 0.881 bits per heavy atom. The van der Waals surface area contributed by atoms with E-state index in [2.05, 4.69) is 10.6 Å². The van der Waals surface area contributed by atoms with Crippen molar-refractivity contribution in [3.05, 3.63) is 113 Å². The summed E-state index contributed by atoms with van der Waals surface area (Å²) in [4.78, 5) is 43.5. The second-order valence-electron chi connectivity index (χ2n) is 11.2. The fourth-order valence-electron chi connectivity index (χ4n) is 6.51. The highest BCUT2D eigenvalue weighted by molar-refractivity contribution is 6.30. The molecule has 3 aliphatic rings. The lowest BCUT2D eigenvalue weighted by molar-refractivity contribution is -0.145. The van der Waals surface area contributed by atoms with Crippen LogP contribution in [-0.4, -0.2) is 47.0 Å². The Hall–Kier alpha value is -4.14. The van der Waals surface area contributed by atoms with E-state index in [0.29, 0.717) is 11.6 Å². The predicted octanol–water partition coefficient (Wildman–Crippen LogP) is 4.02. The second kappa shape index (κ2) is 10.9. The summed E-state index contributed by atoms with van der Waals surface area (Å²) in [6, 6.07) is 23.2. The van der Waals surface area contributed by atoms with Crippen molar-refractivity contribution in [3.8, 4) is 5.75 Å². The van der Waals surface area contributed by atoms with Crippen molar-refractivity contribution in [2.45, 2.75) is 43.8 Å². The van der Waals surface area contributed by atoms with Gasteiger partial charge in [-0.05, 0) is 47.9 Å². The zero-order chi connectivity index (χ0) is 29.5. The molecule has 2 saturated heterocycles. The van der Waals surface area contributed by atoms with E-state index < -0.39 is 29.1 Å². The summed E-state index contributed by atoms with van der Waals surface area (Å²) >= 11 is 6.10. The number of hydrogen-bond donors (Lipinski definition) is 2. The Morgan fingerprint density at radius 3 is 2.17 bits per heavy atom. The molecule has 6 rings (SSSR count). The lowest BCUT2D eigenvalue weighted by Gasteiger charge is -2.33. The van der Waals surface area contributed by atoms with Gasteiger partial charge in [-0.3, -0.25) is 14.4 Å². The van der Waals surface area contributed by atoms with Crippen molar-refractivity contribution in [3.63, 3.8) is 0 Å². The summed E-state index contributed by atoms with van der Waals surface area (Å²) in [6.45, 7) is 2.56. The van der Waals surface area contributed by atoms with Crippen LogP contribution in [0.25, 0.3) is 0 Å². The van der Waals surface area contributed by atoms with Crippen LogP contribution in [-0.2, 0) is 38.8 Å². The van der Waals surface area contributed by atoms with Gasteiger partial charge in [0.2, 0.25) is 17.7 Å². The first-order valence-electron chi connectivity index (χ1n) is 13.9. The van der Waals surface area contributed by atoms with E-state index in [0.717, 1.165) is 22.4 Å². The largest absolute Gasteiger partial charge is 0.497 e. The number of ether oxygens (including phenoxy) is 2. The number of carbonyl (C=O) groups excluding carboxylic acids is 3. The first kappa shape index (κ1) is 28.0. The maximum absolute atomic E-state index is 14.2. The van der Waals surface area contributed by atoms with Crippen molar-refractivity contribution < 1.29 is 23.9 Å². The molecule has 3 aliphatic heterocycles. The Morgan fingerprint density at radius 2 is 1.50 bits per heavy atom. The number of likely N-dealkylation sites (tertiary alicyclic amines) is 1. The minimum atomic E-state index is -1.28. The summed E-state index contributed by atoms with van der Waals surface area (Å²) in [5.41, 5.74) is 0.332. The molecule has 3 aromatic carbocycles. The van der Waals surface area contributed by atoms with Crippen molar-refractivity contribution in [2.24, 2.45) is 11.8 Å². The van der Waals surface area contributed by atoms with Crippen LogP contribution in [0, 0.1) is 11.8 Å². The molecule has 3 heterocycles. The van der Waals surface area contributed by atoms with Crippen LogP contribution in [0.5, 0.6) is 5.75 Å². The molecule has 2 bridgehead atoms. The number of nitrogens with zero attached hydrogens (tertiary/aromatic N) is 1. The monoisotopic (exact) mass is 585 g/mol. The van der Waals surface area contributed by atoms with Gasteiger partial charge < -0.3 is 25.0 Å². The van der Waals surface area contributed by atoms with E-state index in [1.54, 1.807) is 24.1 Å². The average molecular weight is 586 g/mol. The fourth-order valence-corrected chi connectivity index (χ4v) is 6.64. The van der Waals surface area contributed by atoms with Gasteiger partial charge in [0.15, 0.2) is 0 Å². The zero-order valence-electron chi connectivity index (χ0n) is 23.4. The molecule has 0 radical (unpaired) electrons. The van der Waals surface area contributed by atoms with Crippen molar-refractivity contribution >= 4 is 29.3 Å². The third-order valence-corrected chi connectivity index (χ3v) is 8.78. The predicted molar refractivity (Wildman–Crippen MR) is 157 cm³/mol. The minimum Gasteiger partial charge on any atom is -0.497 e. The lowest BCUT2D eigenvalue weighted by Crippen LogP contribution is -2.54. The first-order valence-corrected chi connectivity index (χ1v) is 14.3. The number of halogens is 1. The third kappa shape index (κ3) is 4.84. The highest BCUT2D eigenvalue weighted by Crippen LogP contribution is 2.59. The van der Waals surface area contributed by atoms with Crippen LogP contribution in [0.2, 0.25) is 5.02 Å². The van der Waals surface area contributed by atoms with Gasteiger partial charge in [-0.2, -0.15) is 0 Å².